The summed E-state index contributed by atoms with van der Waals surface area (Å²) in [6, 6.07) is 15.6. The zero-order valence-corrected chi connectivity index (χ0v) is 13.8. The zero-order valence-electron chi connectivity index (χ0n) is 13.0. The first-order chi connectivity index (χ1) is 11.2. The molecule has 4 heteroatoms. The van der Waals surface area contributed by atoms with Gasteiger partial charge in [0.1, 0.15) is 11.5 Å². The maximum Gasteiger partial charge on any atom is 0.127 e. The molecule has 0 aliphatic rings. The summed E-state index contributed by atoms with van der Waals surface area (Å²) in [5, 5.41) is 0.708. The van der Waals surface area contributed by atoms with Gasteiger partial charge in [-0.05, 0) is 54.3 Å². The molecule has 0 saturated carbocycles. The molecule has 1 aromatic heterocycles. The number of halogens is 1. The Kier molecular flexibility index (Phi) is 4.99. The molecule has 0 aliphatic carbocycles. The van der Waals surface area contributed by atoms with Crippen molar-refractivity contribution >= 4 is 11.6 Å². The van der Waals surface area contributed by atoms with Gasteiger partial charge in [0, 0.05) is 24.0 Å². The number of imidazole rings is 1. The molecule has 0 fully saturated rings. The van der Waals surface area contributed by atoms with E-state index in [0.29, 0.717) is 10.9 Å². The molecular formula is C19H19ClN2O. The first kappa shape index (κ1) is 15.6. The number of benzene rings is 2. The summed E-state index contributed by atoms with van der Waals surface area (Å²) in [5.41, 5.74) is 1.31. The number of hydrogen-bond acceptors (Lipinski definition) is 2. The lowest BCUT2D eigenvalue weighted by molar-refractivity contribution is 0.474. The van der Waals surface area contributed by atoms with Crippen molar-refractivity contribution in [1.82, 2.24) is 9.55 Å². The summed E-state index contributed by atoms with van der Waals surface area (Å²) in [5.74, 6) is 2.17. The van der Waals surface area contributed by atoms with Crippen LogP contribution in [-0.4, -0.2) is 9.55 Å². The first-order valence-corrected chi connectivity index (χ1v) is 8.05. The maximum atomic E-state index is 5.87. The Bertz CT molecular complexity index is 721. The Labute approximate surface area is 141 Å². The fourth-order valence-corrected chi connectivity index (χ4v) is 2.68. The van der Waals surface area contributed by atoms with Gasteiger partial charge < -0.3 is 9.30 Å². The number of aromatic nitrogens is 2. The van der Waals surface area contributed by atoms with Crippen LogP contribution in [0.2, 0.25) is 5.02 Å². The summed E-state index contributed by atoms with van der Waals surface area (Å²) >= 11 is 5.87. The lowest BCUT2D eigenvalue weighted by atomic mass is 10.0. The van der Waals surface area contributed by atoms with E-state index in [0.717, 1.165) is 24.5 Å². The van der Waals surface area contributed by atoms with Crippen LogP contribution in [0.3, 0.4) is 0 Å². The van der Waals surface area contributed by atoms with Crippen LogP contribution in [0.15, 0.2) is 67.3 Å². The van der Waals surface area contributed by atoms with Crippen molar-refractivity contribution in [3.05, 3.63) is 77.8 Å². The minimum absolute atomic E-state index is 0.548. The Morgan fingerprint density at radius 3 is 2.30 bits per heavy atom. The highest BCUT2D eigenvalue weighted by atomic mass is 35.5. The summed E-state index contributed by atoms with van der Waals surface area (Å²) in [7, 11) is 0. The Balaban J connectivity index is 1.57. The predicted octanol–water partition coefficient (Wildman–Crippen LogP) is 5.21. The van der Waals surface area contributed by atoms with E-state index in [-0.39, 0.29) is 0 Å². The molecule has 3 aromatic rings. The van der Waals surface area contributed by atoms with Gasteiger partial charge >= 0.3 is 0 Å². The molecule has 0 aliphatic heterocycles. The molecule has 0 N–H and O–H groups in total. The second-order valence-corrected chi connectivity index (χ2v) is 6.21. The highest BCUT2D eigenvalue weighted by Gasteiger charge is 2.05. The lowest BCUT2D eigenvalue weighted by Gasteiger charge is -2.13. The van der Waals surface area contributed by atoms with Crippen LogP contribution in [0, 0.1) is 5.92 Å². The van der Waals surface area contributed by atoms with Gasteiger partial charge in [-0.15, -0.1) is 0 Å². The lowest BCUT2D eigenvalue weighted by Crippen LogP contribution is -2.08. The average Bonchev–Trinajstić information content (AvgIpc) is 3.04. The van der Waals surface area contributed by atoms with Gasteiger partial charge in [-0.1, -0.05) is 30.7 Å². The largest absolute Gasteiger partial charge is 0.457 e. The third-order valence-electron chi connectivity index (χ3n) is 3.64. The van der Waals surface area contributed by atoms with E-state index in [9.17, 15) is 0 Å². The monoisotopic (exact) mass is 326 g/mol. The van der Waals surface area contributed by atoms with Crippen LogP contribution in [-0.2, 0) is 13.0 Å². The fraction of sp³-hybridized carbons (Fsp3) is 0.211. The Morgan fingerprint density at radius 2 is 1.70 bits per heavy atom. The average molecular weight is 327 g/mol. The van der Waals surface area contributed by atoms with Crippen LogP contribution in [0.1, 0.15) is 12.5 Å². The summed E-state index contributed by atoms with van der Waals surface area (Å²) in [6.07, 6.45) is 6.70. The molecule has 118 valence electrons. The maximum absolute atomic E-state index is 5.87. The van der Waals surface area contributed by atoms with Gasteiger partial charge in [-0.3, -0.25) is 0 Å². The van der Waals surface area contributed by atoms with Crippen molar-refractivity contribution in [2.75, 3.05) is 0 Å². The van der Waals surface area contributed by atoms with Gasteiger partial charge in [0.05, 0.1) is 6.33 Å². The third kappa shape index (κ3) is 4.60. The van der Waals surface area contributed by atoms with E-state index >= 15 is 0 Å². The van der Waals surface area contributed by atoms with Crippen molar-refractivity contribution in [1.29, 1.82) is 0 Å². The van der Waals surface area contributed by atoms with Crippen molar-refractivity contribution in [3.8, 4) is 11.5 Å². The smallest absolute Gasteiger partial charge is 0.127 e. The molecule has 1 unspecified atom stereocenters. The summed E-state index contributed by atoms with van der Waals surface area (Å²) < 4.78 is 7.92. The van der Waals surface area contributed by atoms with Gasteiger partial charge in [-0.25, -0.2) is 4.98 Å². The van der Waals surface area contributed by atoms with Gasteiger partial charge in [0.25, 0.3) is 0 Å². The van der Waals surface area contributed by atoms with Gasteiger partial charge in [-0.2, -0.15) is 0 Å². The molecule has 1 atom stereocenters. The number of rotatable bonds is 6. The predicted molar refractivity (Wildman–Crippen MR) is 93.1 cm³/mol. The molecule has 23 heavy (non-hydrogen) atoms. The summed E-state index contributed by atoms with van der Waals surface area (Å²) in [6.45, 7) is 3.22. The van der Waals surface area contributed by atoms with Gasteiger partial charge in [0.15, 0.2) is 0 Å². The fourth-order valence-electron chi connectivity index (χ4n) is 2.55. The molecule has 3 nitrogen and oxygen atoms in total. The molecule has 0 amide bonds. The third-order valence-corrected chi connectivity index (χ3v) is 3.89. The minimum Gasteiger partial charge on any atom is -0.457 e. The van der Waals surface area contributed by atoms with E-state index in [2.05, 4.69) is 28.6 Å². The first-order valence-electron chi connectivity index (χ1n) is 7.67. The molecule has 0 radical (unpaired) electrons. The van der Waals surface area contributed by atoms with E-state index < -0.39 is 0 Å². The van der Waals surface area contributed by atoms with Crippen LogP contribution in [0.4, 0.5) is 0 Å². The van der Waals surface area contributed by atoms with Crippen LogP contribution in [0.5, 0.6) is 11.5 Å². The van der Waals surface area contributed by atoms with Crippen molar-refractivity contribution in [2.24, 2.45) is 5.92 Å². The SMILES string of the molecule is CC(Cc1ccc(Oc2ccc(Cl)cc2)cc1)Cn1ccnc1. The summed E-state index contributed by atoms with van der Waals surface area (Å²) in [4.78, 5) is 4.08. The van der Waals surface area contributed by atoms with E-state index in [1.165, 1.54) is 5.56 Å². The highest BCUT2D eigenvalue weighted by molar-refractivity contribution is 6.30. The quantitative estimate of drug-likeness (QED) is 0.622. The number of ether oxygens (including phenoxy) is 1. The highest BCUT2D eigenvalue weighted by Crippen LogP contribution is 2.24. The molecule has 3 rings (SSSR count). The van der Waals surface area contributed by atoms with E-state index in [4.69, 9.17) is 16.3 Å². The number of hydrogen-bond donors (Lipinski definition) is 0. The van der Waals surface area contributed by atoms with Crippen molar-refractivity contribution in [2.45, 2.75) is 19.9 Å². The molecular weight excluding hydrogens is 308 g/mol. The van der Waals surface area contributed by atoms with Crippen LogP contribution < -0.4 is 4.74 Å². The van der Waals surface area contributed by atoms with E-state index in [1.807, 2.05) is 55.1 Å². The molecule has 0 saturated heterocycles. The molecule has 0 bridgehead atoms. The minimum atomic E-state index is 0.548. The Hall–Kier alpha value is -2.26. The standard InChI is InChI=1S/C19H19ClN2O/c1-15(13-22-11-10-21-14-22)12-16-2-6-18(7-3-16)23-19-8-4-17(20)5-9-19/h2-11,14-15H,12-13H2,1H3. The molecule has 1 heterocycles. The Morgan fingerprint density at radius 1 is 1.04 bits per heavy atom. The zero-order chi connectivity index (χ0) is 16.1. The second kappa shape index (κ2) is 7.34. The number of nitrogens with zero attached hydrogens (tertiary/aromatic N) is 2. The van der Waals surface area contributed by atoms with Crippen LogP contribution in [0.25, 0.3) is 0 Å². The second-order valence-electron chi connectivity index (χ2n) is 5.77. The molecule has 0 spiro atoms. The normalized spacial score (nSPS) is 12.1. The van der Waals surface area contributed by atoms with Crippen molar-refractivity contribution < 1.29 is 4.74 Å². The topological polar surface area (TPSA) is 27.1 Å². The van der Waals surface area contributed by atoms with E-state index in [1.54, 1.807) is 0 Å². The van der Waals surface area contributed by atoms with Crippen LogP contribution >= 0.6 is 11.6 Å². The van der Waals surface area contributed by atoms with Gasteiger partial charge in [0.2, 0.25) is 0 Å². The molecule has 2 aromatic carbocycles. The van der Waals surface area contributed by atoms with Crippen molar-refractivity contribution in [3.63, 3.8) is 0 Å².